The number of hydrogen-bond donors (Lipinski definition) is 1. The Morgan fingerprint density at radius 1 is 1.05 bits per heavy atom. The number of carbonyl (C=O) groups is 2. The third-order valence-corrected chi connectivity index (χ3v) is 3.92. The zero-order chi connectivity index (χ0) is 15.5. The molecule has 1 aliphatic carbocycles. The molecule has 22 heavy (non-hydrogen) atoms. The average Bonchev–Trinajstić information content (AvgIpc) is 2.55. The standard InChI is InChI=1S/C19H17NO2/c1-13(21)14-8-10-17(11-9-14)20-12-16-7-6-15-4-2-3-5-18(15)19(16)22/h2-5,8-12,20H,6-7H2,1H3/b16-12-. The fourth-order valence-corrected chi connectivity index (χ4v) is 2.62. The van der Waals surface area contributed by atoms with Gasteiger partial charge in [0.2, 0.25) is 0 Å². The molecule has 0 fully saturated rings. The quantitative estimate of drug-likeness (QED) is 0.686. The molecule has 0 unspecified atom stereocenters. The molecule has 0 atom stereocenters. The second-order valence-corrected chi connectivity index (χ2v) is 5.43. The van der Waals surface area contributed by atoms with Crippen LogP contribution in [0.2, 0.25) is 0 Å². The highest BCUT2D eigenvalue weighted by Crippen LogP contribution is 2.25. The lowest BCUT2D eigenvalue weighted by Gasteiger charge is -2.17. The average molecular weight is 291 g/mol. The van der Waals surface area contributed by atoms with Gasteiger partial charge in [0.25, 0.3) is 0 Å². The minimum atomic E-state index is 0.0453. The van der Waals surface area contributed by atoms with E-state index >= 15 is 0 Å². The Balaban J connectivity index is 1.76. The van der Waals surface area contributed by atoms with Gasteiger partial charge in [-0.3, -0.25) is 9.59 Å². The molecule has 1 aliphatic rings. The third-order valence-electron chi connectivity index (χ3n) is 3.92. The molecule has 3 heteroatoms. The fourth-order valence-electron chi connectivity index (χ4n) is 2.62. The van der Waals surface area contributed by atoms with Crippen LogP contribution in [0.15, 0.2) is 60.3 Å². The SMILES string of the molecule is CC(=O)c1ccc(N/C=C2/CCc3ccccc3C2=O)cc1. The summed E-state index contributed by atoms with van der Waals surface area (Å²) in [6.45, 7) is 1.54. The maximum absolute atomic E-state index is 12.4. The van der Waals surface area contributed by atoms with Gasteiger partial charge >= 0.3 is 0 Å². The first-order valence-electron chi connectivity index (χ1n) is 7.34. The molecule has 2 aromatic carbocycles. The largest absolute Gasteiger partial charge is 0.361 e. The van der Waals surface area contributed by atoms with E-state index in [0.717, 1.165) is 35.2 Å². The van der Waals surface area contributed by atoms with Crippen molar-refractivity contribution in [1.29, 1.82) is 0 Å². The molecule has 0 bridgehead atoms. The number of ketones is 2. The van der Waals surface area contributed by atoms with Crippen LogP contribution in [0, 0.1) is 0 Å². The lowest BCUT2D eigenvalue weighted by Crippen LogP contribution is -2.15. The second-order valence-electron chi connectivity index (χ2n) is 5.43. The second kappa shape index (κ2) is 5.98. The summed E-state index contributed by atoms with van der Waals surface area (Å²) < 4.78 is 0. The topological polar surface area (TPSA) is 46.2 Å². The van der Waals surface area contributed by atoms with Gasteiger partial charge in [-0.2, -0.15) is 0 Å². The van der Waals surface area contributed by atoms with Crippen molar-refractivity contribution < 1.29 is 9.59 Å². The lowest BCUT2D eigenvalue weighted by molar-refractivity contribution is 0.101. The van der Waals surface area contributed by atoms with Crippen LogP contribution in [-0.4, -0.2) is 11.6 Å². The van der Waals surface area contributed by atoms with E-state index < -0.39 is 0 Å². The first-order valence-corrected chi connectivity index (χ1v) is 7.34. The van der Waals surface area contributed by atoms with Gasteiger partial charge in [-0.05, 0) is 49.6 Å². The highest BCUT2D eigenvalue weighted by Gasteiger charge is 2.20. The van der Waals surface area contributed by atoms with Gasteiger partial charge < -0.3 is 5.32 Å². The van der Waals surface area contributed by atoms with Crippen LogP contribution in [0.1, 0.15) is 39.6 Å². The van der Waals surface area contributed by atoms with E-state index in [-0.39, 0.29) is 11.6 Å². The van der Waals surface area contributed by atoms with E-state index in [2.05, 4.69) is 5.32 Å². The Morgan fingerprint density at radius 3 is 2.50 bits per heavy atom. The highest BCUT2D eigenvalue weighted by atomic mass is 16.1. The van der Waals surface area contributed by atoms with Crippen LogP contribution in [0.5, 0.6) is 0 Å². The summed E-state index contributed by atoms with van der Waals surface area (Å²) in [5.74, 6) is 0.138. The summed E-state index contributed by atoms with van der Waals surface area (Å²) in [4.78, 5) is 23.7. The number of anilines is 1. The molecule has 0 saturated heterocycles. The van der Waals surface area contributed by atoms with Crippen molar-refractivity contribution >= 4 is 17.3 Å². The molecule has 3 nitrogen and oxygen atoms in total. The number of carbonyl (C=O) groups excluding carboxylic acids is 2. The van der Waals surface area contributed by atoms with Crippen LogP contribution in [0.3, 0.4) is 0 Å². The molecular formula is C19H17NO2. The number of benzene rings is 2. The molecule has 0 spiro atoms. The number of Topliss-reactive ketones (excluding diaryl/α,β-unsaturated/α-hetero) is 2. The molecule has 1 N–H and O–H groups in total. The number of aryl methyl sites for hydroxylation is 1. The van der Waals surface area contributed by atoms with Gasteiger partial charge in [-0.1, -0.05) is 24.3 Å². The van der Waals surface area contributed by atoms with Crippen molar-refractivity contribution in [1.82, 2.24) is 0 Å². The van der Waals surface area contributed by atoms with E-state index in [1.165, 1.54) is 0 Å². The molecule has 0 amide bonds. The van der Waals surface area contributed by atoms with Gasteiger partial charge in [0, 0.05) is 28.6 Å². The molecule has 3 rings (SSSR count). The van der Waals surface area contributed by atoms with Gasteiger partial charge in [0.05, 0.1) is 0 Å². The van der Waals surface area contributed by atoms with Crippen LogP contribution in [0.25, 0.3) is 0 Å². The predicted molar refractivity (Wildman–Crippen MR) is 87.2 cm³/mol. The molecule has 110 valence electrons. The summed E-state index contributed by atoms with van der Waals surface area (Å²) in [6.07, 6.45) is 3.41. The van der Waals surface area contributed by atoms with Crippen molar-refractivity contribution in [3.8, 4) is 0 Å². The van der Waals surface area contributed by atoms with Crippen LogP contribution in [0.4, 0.5) is 5.69 Å². The Labute approximate surface area is 129 Å². The highest BCUT2D eigenvalue weighted by molar-refractivity contribution is 6.10. The summed E-state index contributed by atoms with van der Waals surface area (Å²) >= 11 is 0. The van der Waals surface area contributed by atoms with Crippen molar-refractivity contribution in [2.24, 2.45) is 0 Å². The van der Waals surface area contributed by atoms with Crippen molar-refractivity contribution in [3.05, 3.63) is 77.0 Å². The Morgan fingerprint density at radius 2 is 1.77 bits per heavy atom. The van der Waals surface area contributed by atoms with E-state index in [1.54, 1.807) is 25.3 Å². The van der Waals surface area contributed by atoms with Crippen molar-refractivity contribution in [2.45, 2.75) is 19.8 Å². The number of allylic oxidation sites excluding steroid dienone is 1. The number of hydrogen-bond acceptors (Lipinski definition) is 3. The molecular weight excluding hydrogens is 274 g/mol. The monoisotopic (exact) mass is 291 g/mol. The Hall–Kier alpha value is -2.68. The number of rotatable bonds is 3. The lowest BCUT2D eigenvalue weighted by atomic mass is 9.87. The minimum absolute atomic E-state index is 0.0453. The van der Waals surface area contributed by atoms with E-state index in [1.807, 2.05) is 36.4 Å². The Kier molecular flexibility index (Phi) is 3.88. The van der Waals surface area contributed by atoms with E-state index in [4.69, 9.17) is 0 Å². The zero-order valence-corrected chi connectivity index (χ0v) is 12.4. The number of fused-ring (bicyclic) bond motifs is 1. The summed E-state index contributed by atoms with van der Waals surface area (Å²) in [5, 5.41) is 3.15. The normalized spacial score (nSPS) is 15.5. The summed E-state index contributed by atoms with van der Waals surface area (Å²) in [7, 11) is 0. The van der Waals surface area contributed by atoms with Crippen molar-refractivity contribution in [2.75, 3.05) is 5.32 Å². The van der Waals surface area contributed by atoms with Crippen LogP contribution >= 0.6 is 0 Å². The van der Waals surface area contributed by atoms with E-state index in [0.29, 0.717) is 5.56 Å². The van der Waals surface area contributed by atoms with Gasteiger partial charge in [-0.25, -0.2) is 0 Å². The minimum Gasteiger partial charge on any atom is -0.361 e. The van der Waals surface area contributed by atoms with Gasteiger partial charge in [0.1, 0.15) is 0 Å². The summed E-state index contributed by atoms with van der Waals surface area (Å²) in [6, 6.07) is 15.0. The fraction of sp³-hybridized carbons (Fsp3) is 0.158. The van der Waals surface area contributed by atoms with Crippen LogP contribution < -0.4 is 5.32 Å². The molecule has 0 heterocycles. The van der Waals surface area contributed by atoms with Crippen molar-refractivity contribution in [3.63, 3.8) is 0 Å². The van der Waals surface area contributed by atoms with E-state index in [9.17, 15) is 9.59 Å². The summed E-state index contributed by atoms with van der Waals surface area (Å²) in [5.41, 5.74) is 4.25. The molecule has 0 saturated carbocycles. The van der Waals surface area contributed by atoms with Gasteiger partial charge in [-0.15, -0.1) is 0 Å². The van der Waals surface area contributed by atoms with Crippen LogP contribution in [-0.2, 0) is 6.42 Å². The number of nitrogens with one attached hydrogen (secondary N) is 1. The zero-order valence-electron chi connectivity index (χ0n) is 12.4. The maximum Gasteiger partial charge on any atom is 0.190 e. The first-order chi connectivity index (χ1) is 10.6. The molecule has 0 radical (unpaired) electrons. The maximum atomic E-state index is 12.4. The molecule has 0 aliphatic heterocycles. The van der Waals surface area contributed by atoms with Gasteiger partial charge in [0.15, 0.2) is 11.6 Å². The smallest absolute Gasteiger partial charge is 0.190 e. The third kappa shape index (κ3) is 2.84. The Bertz CT molecular complexity index is 757. The molecule has 0 aromatic heterocycles. The predicted octanol–water partition coefficient (Wildman–Crippen LogP) is 4.01. The first kappa shape index (κ1) is 14.3. The molecule has 2 aromatic rings.